The molecular formula is C15H19NO4. The van der Waals surface area contributed by atoms with E-state index in [1.807, 2.05) is 0 Å². The summed E-state index contributed by atoms with van der Waals surface area (Å²) in [6, 6.07) is 4.56. The topological polar surface area (TPSA) is 66.8 Å². The van der Waals surface area contributed by atoms with Crippen molar-refractivity contribution in [3.63, 3.8) is 0 Å². The number of nitrogens with zero attached hydrogens (tertiary/aromatic N) is 1. The minimum Gasteiger partial charge on any atom is -0.508 e. The highest BCUT2D eigenvalue weighted by Gasteiger charge is 2.18. The lowest BCUT2D eigenvalue weighted by molar-refractivity contribution is -0.135. The van der Waals surface area contributed by atoms with Gasteiger partial charge in [-0.2, -0.15) is 0 Å². The molecule has 1 aromatic carbocycles. The molecule has 0 bridgehead atoms. The highest BCUT2D eigenvalue weighted by Crippen LogP contribution is 2.18. The number of amides is 1. The lowest BCUT2D eigenvalue weighted by Crippen LogP contribution is -2.38. The summed E-state index contributed by atoms with van der Waals surface area (Å²) in [5.74, 6) is -0.707. The van der Waals surface area contributed by atoms with Crippen LogP contribution in [0.5, 0.6) is 5.75 Å². The Kier molecular flexibility index (Phi) is 4.61. The van der Waals surface area contributed by atoms with E-state index >= 15 is 0 Å². The molecular weight excluding hydrogens is 258 g/mol. The van der Waals surface area contributed by atoms with E-state index in [4.69, 9.17) is 4.74 Å². The van der Waals surface area contributed by atoms with E-state index in [9.17, 15) is 14.7 Å². The van der Waals surface area contributed by atoms with E-state index in [2.05, 4.69) is 0 Å². The third-order valence-corrected chi connectivity index (χ3v) is 3.48. The molecule has 1 amide bonds. The number of phenols is 1. The smallest absolute Gasteiger partial charge is 0.338 e. The molecule has 0 aliphatic carbocycles. The highest BCUT2D eigenvalue weighted by atomic mass is 16.5. The molecule has 5 heteroatoms. The molecule has 0 unspecified atom stereocenters. The van der Waals surface area contributed by atoms with Gasteiger partial charge in [-0.25, -0.2) is 4.79 Å². The summed E-state index contributed by atoms with van der Waals surface area (Å²) < 4.78 is 5.00. The highest BCUT2D eigenvalue weighted by molar-refractivity contribution is 5.91. The molecule has 0 aromatic heterocycles. The van der Waals surface area contributed by atoms with Gasteiger partial charge in [-0.3, -0.25) is 4.79 Å². The summed E-state index contributed by atoms with van der Waals surface area (Å²) in [5.41, 5.74) is 0.936. The number of hydrogen-bond donors (Lipinski definition) is 1. The molecule has 1 N–H and O–H groups in total. The summed E-state index contributed by atoms with van der Waals surface area (Å²) in [6.45, 7) is 2.97. The van der Waals surface area contributed by atoms with Crippen molar-refractivity contribution in [1.29, 1.82) is 0 Å². The number of hydrogen-bond acceptors (Lipinski definition) is 4. The van der Waals surface area contributed by atoms with E-state index in [0.717, 1.165) is 32.4 Å². The van der Waals surface area contributed by atoms with Gasteiger partial charge in [0.15, 0.2) is 6.61 Å². The maximum absolute atomic E-state index is 11.9. The van der Waals surface area contributed by atoms with Gasteiger partial charge in [0.1, 0.15) is 5.75 Å². The van der Waals surface area contributed by atoms with Gasteiger partial charge < -0.3 is 14.7 Å². The summed E-state index contributed by atoms with van der Waals surface area (Å²) >= 11 is 0. The molecule has 5 nitrogen and oxygen atoms in total. The lowest BCUT2D eigenvalue weighted by atomic mass is 10.1. The average molecular weight is 277 g/mol. The summed E-state index contributed by atoms with van der Waals surface area (Å²) in [7, 11) is 0. The van der Waals surface area contributed by atoms with E-state index in [1.165, 1.54) is 6.07 Å². The molecule has 0 radical (unpaired) electrons. The Morgan fingerprint density at radius 3 is 2.60 bits per heavy atom. The minimum absolute atomic E-state index is 0.0433. The van der Waals surface area contributed by atoms with Crippen molar-refractivity contribution >= 4 is 11.9 Å². The first-order valence-corrected chi connectivity index (χ1v) is 6.82. The number of aryl methyl sites for hydroxylation is 1. The predicted octanol–water partition coefficient (Wildman–Crippen LogP) is 1.87. The van der Waals surface area contributed by atoms with Gasteiger partial charge in [0.05, 0.1) is 5.56 Å². The van der Waals surface area contributed by atoms with Gasteiger partial charge in [0, 0.05) is 13.1 Å². The first-order chi connectivity index (χ1) is 9.58. The number of aromatic hydroxyl groups is 1. The zero-order valence-corrected chi connectivity index (χ0v) is 11.6. The van der Waals surface area contributed by atoms with Crippen LogP contribution in [0, 0.1) is 6.92 Å². The average Bonchev–Trinajstić information content (AvgIpc) is 2.48. The SMILES string of the molecule is Cc1ccc(C(=O)OCC(=O)N2CCCCC2)cc1O. The Morgan fingerprint density at radius 2 is 1.95 bits per heavy atom. The summed E-state index contributed by atoms with van der Waals surface area (Å²) in [6.07, 6.45) is 3.16. The van der Waals surface area contributed by atoms with Crippen molar-refractivity contribution in [2.24, 2.45) is 0 Å². The van der Waals surface area contributed by atoms with Gasteiger partial charge in [0.25, 0.3) is 5.91 Å². The molecule has 20 heavy (non-hydrogen) atoms. The summed E-state index contributed by atoms with van der Waals surface area (Å²) in [4.78, 5) is 25.4. The van der Waals surface area contributed by atoms with E-state index in [0.29, 0.717) is 5.56 Å². The third kappa shape index (κ3) is 3.50. The van der Waals surface area contributed by atoms with Gasteiger partial charge in [-0.05, 0) is 43.9 Å². The molecule has 1 heterocycles. The maximum Gasteiger partial charge on any atom is 0.338 e. The number of esters is 1. The van der Waals surface area contributed by atoms with Crippen LogP contribution < -0.4 is 0 Å². The van der Waals surface area contributed by atoms with Gasteiger partial charge in [-0.1, -0.05) is 6.07 Å². The molecule has 108 valence electrons. The van der Waals surface area contributed by atoms with Crippen LogP contribution in [0.1, 0.15) is 35.2 Å². The number of carbonyl (C=O) groups is 2. The zero-order valence-electron chi connectivity index (χ0n) is 11.6. The zero-order chi connectivity index (χ0) is 14.5. The minimum atomic E-state index is -0.592. The number of piperidine rings is 1. The van der Waals surface area contributed by atoms with Crippen molar-refractivity contribution in [2.75, 3.05) is 19.7 Å². The van der Waals surface area contributed by atoms with Gasteiger partial charge in [-0.15, -0.1) is 0 Å². The van der Waals surface area contributed by atoms with Crippen LogP contribution in [0.4, 0.5) is 0 Å². The summed E-state index contributed by atoms with van der Waals surface area (Å²) in [5, 5.41) is 9.55. The first-order valence-electron chi connectivity index (χ1n) is 6.82. The van der Waals surface area contributed by atoms with Crippen molar-refractivity contribution in [3.05, 3.63) is 29.3 Å². The number of ether oxygens (including phenoxy) is 1. The van der Waals surface area contributed by atoms with Crippen molar-refractivity contribution < 1.29 is 19.4 Å². The second kappa shape index (κ2) is 6.41. The predicted molar refractivity (Wildman–Crippen MR) is 73.6 cm³/mol. The monoisotopic (exact) mass is 277 g/mol. The number of phenolic OH excluding ortho intramolecular Hbond substituents is 1. The van der Waals surface area contributed by atoms with Crippen molar-refractivity contribution in [3.8, 4) is 5.75 Å². The Balaban J connectivity index is 1.88. The standard InChI is InChI=1S/C15H19NO4/c1-11-5-6-12(9-13(11)17)15(19)20-10-14(18)16-7-3-2-4-8-16/h5-6,9,17H,2-4,7-8,10H2,1H3. The molecule has 0 saturated carbocycles. The molecule has 1 fully saturated rings. The number of benzene rings is 1. The van der Waals surface area contributed by atoms with E-state index in [-0.39, 0.29) is 23.8 Å². The maximum atomic E-state index is 11.9. The number of rotatable bonds is 3. The van der Waals surface area contributed by atoms with Gasteiger partial charge in [0.2, 0.25) is 0 Å². The lowest BCUT2D eigenvalue weighted by Gasteiger charge is -2.26. The molecule has 1 saturated heterocycles. The van der Waals surface area contributed by atoms with Crippen LogP contribution in [-0.4, -0.2) is 41.6 Å². The molecule has 0 atom stereocenters. The van der Waals surface area contributed by atoms with E-state index in [1.54, 1.807) is 24.0 Å². The fourth-order valence-corrected chi connectivity index (χ4v) is 2.18. The number of likely N-dealkylation sites (tertiary alicyclic amines) is 1. The van der Waals surface area contributed by atoms with Gasteiger partial charge >= 0.3 is 5.97 Å². The Morgan fingerprint density at radius 1 is 1.25 bits per heavy atom. The number of carbonyl (C=O) groups excluding carboxylic acids is 2. The third-order valence-electron chi connectivity index (χ3n) is 3.48. The van der Waals surface area contributed by atoms with E-state index < -0.39 is 5.97 Å². The Bertz CT molecular complexity index is 507. The molecule has 1 aromatic rings. The fourth-order valence-electron chi connectivity index (χ4n) is 2.18. The normalized spacial score (nSPS) is 14.9. The Hall–Kier alpha value is -2.04. The molecule has 1 aliphatic rings. The quantitative estimate of drug-likeness (QED) is 0.856. The van der Waals surface area contributed by atoms with Crippen LogP contribution in [0.2, 0.25) is 0 Å². The van der Waals surface area contributed by atoms with Crippen LogP contribution in [0.15, 0.2) is 18.2 Å². The van der Waals surface area contributed by atoms with Crippen molar-refractivity contribution in [1.82, 2.24) is 4.90 Å². The second-order valence-electron chi connectivity index (χ2n) is 5.02. The fraction of sp³-hybridized carbons (Fsp3) is 0.467. The van der Waals surface area contributed by atoms with Crippen LogP contribution in [-0.2, 0) is 9.53 Å². The Labute approximate surface area is 118 Å². The first kappa shape index (κ1) is 14.4. The molecule has 0 spiro atoms. The molecule has 1 aliphatic heterocycles. The van der Waals surface area contributed by atoms with Crippen LogP contribution in [0.3, 0.4) is 0 Å². The largest absolute Gasteiger partial charge is 0.508 e. The molecule has 2 rings (SSSR count). The second-order valence-corrected chi connectivity index (χ2v) is 5.02. The van der Waals surface area contributed by atoms with Crippen molar-refractivity contribution in [2.45, 2.75) is 26.2 Å². The van der Waals surface area contributed by atoms with Crippen LogP contribution >= 0.6 is 0 Å². The van der Waals surface area contributed by atoms with Crippen LogP contribution in [0.25, 0.3) is 0 Å².